The van der Waals surface area contributed by atoms with Gasteiger partial charge in [-0.15, -0.1) is 0 Å². The van der Waals surface area contributed by atoms with Crippen molar-refractivity contribution in [2.75, 3.05) is 27.1 Å². The van der Waals surface area contributed by atoms with Crippen molar-refractivity contribution in [3.63, 3.8) is 0 Å². The molecule has 0 radical (unpaired) electrons. The Hall–Kier alpha value is -1.26. The molecular formula is C15H25NO3. The number of hydrogen-bond donors (Lipinski definition) is 1. The summed E-state index contributed by atoms with van der Waals surface area (Å²) in [5.41, 5.74) is 1.12. The average molecular weight is 267 g/mol. The molecule has 0 saturated carbocycles. The zero-order valence-corrected chi connectivity index (χ0v) is 12.2. The summed E-state index contributed by atoms with van der Waals surface area (Å²) >= 11 is 0. The molecule has 0 aliphatic rings. The molecule has 1 N–H and O–H groups in total. The number of benzene rings is 1. The lowest BCUT2D eigenvalue weighted by Gasteiger charge is -2.13. The van der Waals surface area contributed by atoms with E-state index < -0.39 is 0 Å². The van der Waals surface area contributed by atoms with E-state index >= 15 is 0 Å². The van der Waals surface area contributed by atoms with Crippen molar-refractivity contribution in [2.45, 2.75) is 33.2 Å². The highest BCUT2D eigenvalue weighted by atomic mass is 16.7. The fourth-order valence-electron chi connectivity index (χ4n) is 1.65. The standard InChI is InChI=1S/C15H25NO3/c1-4-8-16-11-13-6-7-14(18-9-5-2)10-15(13)19-12-17-3/h6-7,10,16H,4-5,8-9,11-12H2,1-3H3. The molecule has 0 bridgehead atoms. The van der Waals surface area contributed by atoms with E-state index in [-0.39, 0.29) is 6.79 Å². The second kappa shape index (κ2) is 9.64. The molecule has 1 aromatic rings. The van der Waals surface area contributed by atoms with Crippen molar-refractivity contribution in [3.8, 4) is 11.5 Å². The van der Waals surface area contributed by atoms with Crippen LogP contribution in [0, 0.1) is 0 Å². The van der Waals surface area contributed by atoms with Crippen LogP contribution in [0.2, 0.25) is 0 Å². The van der Waals surface area contributed by atoms with Crippen molar-refractivity contribution in [2.24, 2.45) is 0 Å². The van der Waals surface area contributed by atoms with Gasteiger partial charge in [0.15, 0.2) is 6.79 Å². The maximum Gasteiger partial charge on any atom is 0.188 e. The first kappa shape index (κ1) is 15.8. The Morgan fingerprint density at radius 3 is 2.63 bits per heavy atom. The molecule has 0 aromatic heterocycles. The minimum absolute atomic E-state index is 0.248. The predicted octanol–water partition coefficient (Wildman–Crippen LogP) is 2.96. The predicted molar refractivity (Wildman–Crippen MR) is 76.7 cm³/mol. The Balaban J connectivity index is 2.70. The summed E-state index contributed by atoms with van der Waals surface area (Å²) in [6, 6.07) is 5.95. The Morgan fingerprint density at radius 2 is 1.95 bits per heavy atom. The van der Waals surface area contributed by atoms with Gasteiger partial charge in [-0.1, -0.05) is 19.9 Å². The van der Waals surface area contributed by atoms with Gasteiger partial charge in [0.1, 0.15) is 11.5 Å². The summed E-state index contributed by atoms with van der Waals surface area (Å²) < 4.78 is 16.2. The van der Waals surface area contributed by atoms with Gasteiger partial charge in [-0.05, 0) is 25.5 Å². The molecule has 0 atom stereocenters. The van der Waals surface area contributed by atoms with Crippen LogP contribution < -0.4 is 14.8 Å². The van der Waals surface area contributed by atoms with Crippen LogP contribution in [0.15, 0.2) is 18.2 Å². The van der Waals surface area contributed by atoms with Gasteiger partial charge in [-0.3, -0.25) is 0 Å². The highest BCUT2D eigenvalue weighted by molar-refractivity contribution is 5.40. The van der Waals surface area contributed by atoms with Crippen LogP contribution in [0.3, 0.4) is 0 Å². The fraction of sp³-hybridized carbons (Fsp3) is 0.600. The van der Waals surface area contributed by atoms with Gasteiger partial charge in [0.2, 0.25) is 0 Å². The van der Waals surface area contributed by atoms with E-state index in [1.807, 2.05) is 18.2 Å². The molecule has 1 aromatic carbocycles. The van der Waals surface area contributed by atoms with E-state index in [1.165, 1.54) is 0 Å². The van der Waals surface area contributed by atoms with Crippen LogP contribution in [0.1, 0.15) is 32.3 Å². The van der Waals surface area contributed by atoms with E-state index in [9.17, 15) is 0 Å². The van der Waals surface area contributed by atoms with Crippen LogP contribution >= 0.6 is 0 Å². The van der Waals surface area contributed by atoms with Gasteiger partial charge in [0.25, 0.3) is 0 Å². The molecule has 0 aliphatic carbocycles. The van der Waals surface area contributed by atoms with Gasteiger partial charge in [0, 0.05) is 25.3 Å². The third kappa shape index (κ3) is 5.94. The lowest BCUT2D eigenvalue weighted by Crippen LogP contribution is -2.15. The van der Waals surface area contributed by atoms with E-state index in [4.69, 9.17) is 14.2 Å². The number of methoxy groups -OCH3 is 1. The Bertz CT molecular complexity index is 355. The molecule has 0 heterocycles. The van der Waals surface area contributed by atoms with Crippen molar-refractivity contribution in [3.05, 3.63) is 23.8 Å². The Kier molecular flexibility index (Phi) is 8.02. The molecule has 108 valence electrons. The van der Waals surface area contributed by atoms with Crippen LogP contribution in [0.5, 0.6) is 11.5 Å². The van der Waals surface area contributed by atoms with E-state index in [0.717, 1.165) is 49.6 Å². The second-order valence-corrected chi connectivity index (χ2v) is 4.35. The first-order chi connectivity index (χ1) is 9.31. The average Bonchev–Trinajstić information content (AvgIpc) is 2.44. The largest absolute Gasteiger partial charge is 0.493 e. The maximum atomic E-state index is 5.62. The van der Waals surface area contributed by atoms with Gasteiger partial charge >= 0.3 is 0 Å². The first-order valence-electron chi connectivity index (χ1n) is 6.90. The van der Waals surface area contributed by atoms with Crippen LogP contribution in [-0.2, 0) is 11.3 Å². The lowest BCUT2D eigenvalue weighted by molar-refractivity contribution is 0.0501. The fourth-order valence-corrected chi connectivity index (χ4v) is 1.65. The molecular weight excluding hydrogens is 242 g/mol. The highest BCUT2D eigenvalue weighted by Crippen LogP contribution is 2.25. The molecule has 0 unspecified atom stereocenters. The van der Waals surface area contributed by atoms with Crippen LogP contribution in [0.4, 0.5) is 0 Å². The van der Waals surface area contributed by atoms with Crippen molar-refractivity contribution in [1.82, 2.24) is 5.32 Å². The summed E-state index contributed by atoms with van der Waals surface area (Å²) in [6.07, 6.45) is 2.11. The van der Waals surface area contributed by atoms with Gasteiger partial charge in [-0.2, -0.15) is 0 Å². The monoisotopic (exact) mass is 267 g/mol. The quantitative estimate of drug-likeness (QED) is 0.522. The van der Waals surface area contributed by atoms with Crippen molar-refractivity contribution < 1.29 is 14.2 Å². The SMILES string of the molecule is CCCNCc1ccc(OCCC)cc1OCOC. The Labute approximate surface area is 116 Å². The van der Waals surface area contributed by atoms with E-state index in [1.54, 1.807) is 7.11 Å². The lowest BCUT2D eigenvalue weighted by atomic mass is 10.2. The minimum atomic E-state index is 0.248. The molecule has 19 heavy (non-hydrogen) atoms. The molecule has 0 saturated heterocycles. The molecule has 4 heteroatoms. The van der Waals surface area contributed by atoms with Gasteiger partial charge in [0.05, 0.1) is 6.61 Å². The number of rotatable bonds is 10. The van der Waals surface area contributed by atoms with E-state index in [0.29, 0.717) is 0 Å². The molecule has 0 fully saturated rings. The molecule has 4 nitrogen and oxygen atoms in total. The zero-order valence-electron chi connectivity index (χ0n) is 12.2. The molecule has 1 rings (SSSR count). The van der Waals surface area contributed by atoms with Crippen molar-refractivity contribution >= 4 is 0 Å². The minimum Gasteiger partial charge on any atom is -0.493 e. The Morgan fingerprint density at radius 1 is 1.11 bits per heavy atom. The summed E-state index contributed by atoms with van der Waals surface area (Å²) in [7, 11) is 1.62. The molecule has 0 amide bonds. The smallest absolute Gasteiger partial charge is 0.188 e. The topological polar surface area (TPSA) is 39.7 Å². The normalized spacial score (nSPS) is 10.5. The summed E-state index contributed by atoms with van der Waals surface area (Å²) in [4.78, 5) is 0. The molecule has 0 aliphatic heterocycles. The first-order valence-corrected chi connectivity index (χ1v) is 6.90. The van der Waals surface area contributed by atoms with Crippen LogP contribution in [-0.4, -0.2) is 27.1 Å². The van der Waals surface area contributed by atoms with Crippen molar-refractivity contribution in [1.29, 1.82) is 0 Å². The summed E-state index contributed by atoms with van der Waals surface area (Å²) in [5.74, 6) is 1.66. The number of ether oxygens (including phenoxy) is 3. The number of hydrogen-bond acceptors (Lipinski definition) is 4. The van der Waals surface area contributed by atoms with Gasteiger partial charge in [-0.25, -0.2) is 0 Å². The maximum absolute atomic E-state index is 5.62. The number of nitrogens with one attached hydrogen (secondary N) is 1. The highest BCUT2D eigenvalue weighted by Gasteiger charge is 2.06. The van der Waals surface area contributed by atoms with Gasteiger partial charge < -0.3 is 19.5 Å². The third-order valence-corrected chi connectivity index (χ3v) is 2.59. The zero-order chi connectivity index (χ0) is 13.9. The molecule has 0 spiro atoms. The second-order valence-electron chi connectivity index (χ2n) is 4.35. The summed E-state index contributed by atoms with van der Waals surface area (Å²) in [6.45, 7) is 7.00. The summed E-state index contributed by atoms with van der Waals surface area (Å²) in [5, 5.41) is 3.37. The third-order valence-electron chi connectivity index (χ3n) is 2.59. The van der Waals surface area contributed by atoms with Crippen LogP contribution in [0.25, 0.3) is 0 Å². The van der Waals surface area contributed by atoms with E-state index in [2.05, 4.69) is 19.2 Å².